The number of carbonyl (C=O) groups is 2. The molecule has 0 fully saturated rings. The lowest BCUT2D eigenvalue weighted by atomic mass is 10.1. The summed E-state index contributed by atoms with van der Waals surface area (Å²) in [5.74, 6) is 0.490. The Morgan fingerprint density at radius 3 is 2.37 bits per heavy atom. The molecule has 8 heteroatoms. The topological polar surface area (TPSA) is 80.3 Å². The third-order valence-corrected chi connectivity index (χ3v) is 7.80. The van der Waals surface area contributed by atoms with Gasteiger partial charge in [-0.15, -0.1) is 23.1 Å². The second-order valence-electron chi connectivity index (χ2n) is 8.56. The summed E-state index contributed by atoms with van der Waals surface area (Å²) in [6.07, 6.45) is 0. The number of methoxy groups -OCH3 is 1. The van der Waals surface area contributed by atoms with Crippen molar-refractivity contribution >= 4 is 56.5 Å². The van der Waals surface area contributed by atoms with Gasteiger partial charge in [0.15, 0.2) is 5.13 Å². The molecule has 6 nitrogen and oxygen atoms in total. The molecule has 190 valence electrons. The van der Waals surface area contributed by atoms with Crippen LogP contribution in [-0.2, 0) is 4.79 Å². The molecular formula is C30H25N3O3S2. The Balaban J connectivity index is 1.15. The molecule has 0 spiro atoms. The molecule has 4 aromatic carbocycles. The Morgan fingerprint density at radius 1 is 0.895 bits per heavy atom. The zero-order valence-corrected chi connectivity index (χ0v) is 22.4. The molecule has 1 heterocycles. The molecule has 1 aromatic heterocycles. The van der Waals surface area contributed by atoms with Gasteiger partial charge in [-0.1, -0.05) is 30.3 Å². The first kappa shape index (κ1) is 25.5. The van der Waals surface area contributed by atoms with Crippen molar-refractivity contribution in [1.82, 2.24) is 4.98 Å². The van der Waals surface area contributed by atoms with Crippen LogP contribution in [0.1, 0.15) is 17.3 Å². The molecule has 1 atom stereocenters. The van der Waals surface area contributed by atoms with E-state index in [1.165, 1.54) is 23.1 Å². The molecule has 5 aromatic rings. The van der Waals surface area contributed by atoms with E-state index < -0.39 is 0 Å². The highest BCUT2D eigenvalue weighted by Crippen LogP contribution is 2.29. The fourth-order valence-electron chi connectivity index (χ4n) is 3.84. The number of anilines is 2. The molecule has 2 amide bonds. The number of carbonyl (C=O) groups excluding carboxylic acids is 2. The Bertz CT molecular complexity index is 1580. The molecule has 2 N–H and O–H groups in total. The number of fused-ring (bicyclic) bond motifs is 1. The normalized spacial score (nSPS) is 11.6. The highest BCUT2D eigenvalue weighted by Gasteiger charge is 2.17. The van der Waals surface area contributed by atoms with E-state index in [-0.39, 0.29) is 17.1 Å². The van der Waals surface area contributed by atoms with Crippen LogP contribution in [0, 0.1) is 0 Å². The smallest absolute Gasteiger partial charge is 0.255 e. The standard InChI is InChI=1S/C30H25N3O3S2/c1-19(28(34)33-30-32-27(18-37-30)21-9-13-25(36-2)14-10-21)38-26-15-11-24(12-16-26)31-29(35)23-8-7-20-5-3-4-6-22(20)17-23/h3-19H,1-2H3,(H,31,35)(H,32,33,34). The van der Waals surface area contributed by atoms with Gasteiger partial charge in [0, 0.05) is 27.1 Å². The summed E-state index contributed by atoms with van der Waals surface area (Å²) >= 11 is 2.83. The number of aromatic nitrogens is 1. The van der Waals surface area contributed by atoms with E-state index in [1.54, 1.807) is 7.11 Å². The van der Waals surface area contributed by atoms with E-state index in [9.17, 15) is 9.59 Å². The fourth-order valence-corrected chi connectivity index (χ4v) is 5.43. The van der Waals surface area contributed by atoms with E-state index >= 15 is 0 Å². The maximum absolute atomic E-state index is 12.8. The van der Waals surface area contributed by atoms with Gasteiger partial charge in [-0.05, 0) is 78.4 Å². The maximum Gasteiger partial charge on any atom is 0.255 e. The Kier molecular flexibility index (Phi) is 7.72. The van der Waals surface area contributed by atoms with Crippen LogP contribution in [0.15, 0.2) is 101 Å². The van der Waals surface area contributed by atoms with Gasteiger partial charge >= 0.3 is 0 Å². The van der Waals surface area contributed by atoms with Crippen LogP contribution in [-0.4, -0.2) is 29.2 Å². The lowest BCUT2D eigenvalue weighted by Crippen LogP contribution is -2.22. The molecule has 0 aliphatic heterocycles. The van der Waals surface area contributed by atoms with Crippen LogP contribution in [0.5, 0.6) is 5.75 Å². The van der Waals surface area contributed by atoms with Crippen LogP contribution in [0.3, 0.4) is 0 Å². The first-order valence-corrected chi connectivity index (χ1v) is 13.7. The zero-order valence-electron chi connectivity index (χ0n) is 20.8. The Labute approximate surface area is 229 Å². The molecule has 0 aliphatic carbocycles. The predicted octanol–water partition coefficient (Wildman–Crippen LogP) is 7.34. The molecule has 0 aliphatic rings. The first-order valence-electron chi connectivity index (χ1n) is 12.0. The second-order valence-corrected chi connectivity index (χ2v) is 10.8. The molecule has 0 saturated heterocycles. The van der Waals surface area contributed by atoms with E-state index in [0.717, 1.165) is 32.7 Å². The molecular weight excluding hydrogens is 514 g/mol. The fraction of sp³-hybridized carbons (Fsp3) is 0.100. The number of nitrogens with zero attached hydrogens (tertiary/aromatic N) is 1. The first-order chi connectivity index (χ1) is 18.5. The summed E-state index contributed by atoms with van der Waals surface area (Å²) in [4.78, 5) is 31.0. The lowest BCUT2D eigenvalue weighted by Gasteiger charge is -2.11. The van der Waals surface area contributed by atoms with Crippen molar-refractivity contribution in [2.75, 3.05) is 17.7 Å². The lowest BCUT2D eigenvalue weighted by molar-refractivity contribution is -0.115. The van der Waals surface area contributed by atoms with Gasteiger partial charge in [-0.25, -0.2) is 4.98 Å². The number of rotatable bonds is 8. The van der Waals surface area contributed by atoms with Crippen molar-refractivity contribution in [2.45, 2.75) is 17.1 Å². The van der Waals surface area contributed by atoms with Crippen molar-refractivity contribution in [3.8, 4) is 17.0 Å². The number of nitrogens with one attached hydrogen (secondary N) is 2. The van der Waals surface area contributed by atoms with Gasteiger partial charge in [0.05, 0.1) is 18.1 Å². The average molecular weight is 540 g/mol. The van der Waals surface area contributed by atoms with Crippen LogP contribution < -0.4 is 15.4 Å². The van der Waals surface area contributed by atoms with Gasteiger partial charge in [0.1, 0.15) is 5.75 Å². The Hall–Kier alpha value is -4.14. The molecule has 1 unspecified atom stereocenters. The summed E-state index contributed by atoms with van der Waals surface area (Å²) < 4.78 is 5.20. The minimum atomic E-state index is -0.332. The molecule has 0 radical (unpaired) electrons. The number of thioether (sulfide) groups is 1. The van der Waals surface area contributed by atoms with Crippen LogP contribution in [0.25, 0.3) is 22.0 Å². The maximum atomic E-state index is 12.8. The summed E-state index contributed by atoms with van der Waals surface area (Å²) in [6.45, 7) is 1.85. The van der Waals surface area contributed by atoms with Crippen molar-refractivity contribution in [3.63, 3.8) is 0 Å². The molecule has 0 bridgehead atoms. The number of hydrogen-bond acceptors (Lipinski definition) is 6. The SMILES string of the molecule is COc1ccc(-c2csc(NC(=O)C(C)Sc3ccc(NC(=O)c4ccc5ccccc5c4)cc3)n2)cc1. The summed E-state index contributed by atoms with van der Waals surface area (Å²) in [5.41, 5.74) is 3.05. The molecule has 5 rings (SSSR count). The van der Waals surface area contributed by atoms with Crippen LogP contribution in [0.4, 0.5) is 10.8 Å². The number of thiazole rings is 1. The third kappa shape index (κ3) is 6.04. The van der Waals surface area contributed by atoms with Crippen molar-refractivity contribution < 1.29 is 14.3 Å². The predicted molar refractivity (Wildman–Crippen MR) is 156 cm³/mol. The van der Waals surface area contributed by atoms with Gasteiger partial charge < -0.3 is 15.4 Å². The molecule has 38 heavy (non-hydrogen) atoms. The zero-order chi connectivity index (χ0) is 26.5. The van der Waals surface area contributed by atoms with Crippen LogP contribution >= 0.6 is 23.1 Å². The van der Waals surface area contributed by atoms with E-state index in [2.05, 4.69) is 15.6 Å². The van der Waals surface area contributed by atoms with Crippen molar-refractivity contribution in [3.05, 3.63) is 102 Å². The number of benzene rings is 4. The van der Waals surface area contributed by atoms with Crippen molar-refractivity contribution in [1.29, 1.82) is 0 Å². The van der Waals surface area contributed by atoms with Gasteiger partial charge in [0.25, 0.3) is 5.91 Å². The summed E-state index contributed by atoms with van der Waals surface area (Å²) in [5, 5.41) is 10.1. The second kappa shape index (κ2) is 11.5. The highest BCUT2D eigenvalue weighted by molar-refractivity contribution is 8.00. The highest BCUT2D eigenvalue weighted by atomic mass is 32.2. The minimum Gasteiger partial charge on any atom is -0.497 e. The van der Waals surface area contributed by atoms with E-state index in [0.29, 0.717) is 16.4 Å². The van der Waals surface area contributed by atoms with Gasteiger partial charge in [-0.3, -0.25) is 9.59 Å². The summed E-state index contributed by atoms with van der Waals surface area (Å²) in [6, 6.07) is 28.7. The van der Waals surface area contributed by atoms with E-state index in [4.69, 9.17) is 4.74 Å². The summed E-state index contributed by atoms with van der Waals surface area (Å²) in [7, 11) is 1.63. The van der Waals surface area contributed by atoms with Gasteiger partial charge in [-0.2, -0.15) is 0 Å². The van der Waals surface area contributed by atoms with Crippen molar-refractivity contribution in [2.24, 2.45) is 0 Å². The van der Waals surface area contributed by atoms with Gasteiger partial charge in [0.2, 0.25) is 5.91 Å². The number of ether oxygens (including phenoxy) is 1. The Morgan fingerprint density at radius 2 is 1.63 bits per heavy atom. The quantitative estimate of drug-likeness (QED) is 0.202. The van der Waals surface area contributed by atoms with E-state index in [1.807, 2.05) is 103 Å². The number of amides is 2. The average Bonchev–Trinajstić information content (AvgIpc) is 3.42. The van der Waals surface area contributed by atoms with Crippen LogP contribution in [0.2, 0.25) is 0 Å². The monoisotopic (exact) mass is 539 g/mol. The largest absolute Gasteiger partial charge is 0.497 e. The minimum absolute atomic E-state index is 0.126. The third-order valence-electron chi connectivity index (χ3n) is 5.93. The molecule has 0 saturated carbocycles. The number of hydrogen-bond donors (Lipinski definition) is 2.